The molecule has 0 bridgehead atoms. The summed E-state index contributed by atoms with van der Waals surface area (Å²) in [6.45, 7) is 1.90. The first-order valence-corrected chi connectivity index (χ1v) is 18.3. The van der Waals surface area contributed by atoms with E-state index in [2.05, 4.69) is 28.8 Å². The molecule has 0 radical (unpaired) electrons. The average molecular weight is 735 g/mol. The predicted molar refractivity (Wildman–Crippen MR) is 219 cm³/mol. The van der Waals surface area contributed by atoms with Gasteiger partial charge in [-0.15, -0.1) is 0 Å². The third-order valence-corrected chi connectivity index (χ3v) is 11.4. The first-order valence-electron chi connectivity index (χ1n) is 18.3. The molecule has 2 aliphatic rings. The maximum atomic E-state index is 15.1. The lowest BCUT2D eigenvalue weighted by Gasteiger charge is -2.35. The summed E-state index contributed by atoms with van der Waals surface area (Å²) in [6.07, 6.45) is 4.53. The summed E-state index contributed by atoms with van der Waals surface area (Å²) in [5.74, 6) is -0.241. The fourth-order valence-corrected chi connectivity index (χ4v) is 8.64. The monoisotopic (exact) mass is 734 g/mol. The van der Waals surface area contributed by atoms with E-state index in [1.54, 1.807) is 36.4 Å². The van der Waals surface area contributed by atoms with Crippen LogP contribution in [0, 0.1) is 50.7 Å². The van der Waals surface area contributed by atoms with Gasteiger partial charge in [-0.1, -0.05) is 91.0 Å². The summed E-state index contributed by atoms with van der Waals surface area (Å²) in [6, 6.07) is 47.5. The number of aromatic nitrogens is 1. The van der Waals surface area contributed by atoms with E-state index >= 15 is 4.79 Å². The van der Waals surface area contributed by atoms with E-state index in [-0.39, 0.29) is 5.91 Å². The van der Waals surface area contributed by atoms with Crippen LogP contribution in [-0.4, -0.2) is 21.8 Å². The van der Waals surface area contributed by atoms with Crippen LogP contribution in [0.2, 0.25) is 0 Å². The van der Waals surface area contributed by atoms with E-state index in [0.717, 1.165) is 44.1 Å². The molecule has 1 saturated heterocycles. The standard InChI is InChI=1S/C49H30N6O2/c1-49-42(47(56)55(48(49)57)43-12-6-5-10-39(43)32-8-3-2-4-9-32)11-7-13-46(49)54-44-20-16-33(37-18-14-30(26-50)22-35(37)28-52)24-40(44)41-25-34(17-21-45(41)54)38-19-15-31(27-51)23-36(38)29-53/h2-25,46-47,56H,1H3. The highest BCUT2D eigenvalue weighted by Gasteiger charge is 2.58. The minimum absolute atomic E-state index is 0.241. The Balaban J connectivity index is 1.26. The Morgan fingerprint density at radius 2 is 1.18 bits per heavy atom. The Kier molecular flexibility index (Phi) is 8.15. The number of anilines is 1. The smallest absolute Gasteiger partial charge is 0.242 e. The third-order valence-electron chi connectivity index (χ3n) is 11.4. The molecule has 6 aromatic carbocycles. The molecule has 268 valence electrons. The Bertz CT molecular complexity index is 2960. The van der Waals surface area contributed by atoms with Crippen molar-refractivity contribution in [2.75, 3.05) is 4.90 Å². The number of aliphatic hydroxyl groups is 1. The van der Waals surface area contributed by atoms with Crippen molar-refractivity contribution in [2.24, 2.45) is 5.41 Å². The molecule has 1 amide bonds. The molecule has 1 fully saturated rings. The number of amides is 1. The highest BCUT2D eigenvalue weighted by atomic mass is 16.3. The van der Waals surface area contributed by atoms with Crippen molar-refractivity contribution in [1.82, 2.24) is 4.57 Å². The van der Waals surface area contributed by atoms with Gasteiger partial charge in [0, 0.05) is 27.4 Å². The van der Waals surface area contributed by atoms with Crippen molar-refractivity contribution < 1.29 is 9.90 Å². The molecule has 0 spiro atoms. The van der Waals surface area contributed by atoms with Gasteiger partial charge in [0.1, 0.15) is 0 Å². The minimum Gasteiger partial charge on any atom is -0.369 e. The lowest BCUT2D eigenvalue weighted by Crippen LogP contribution is -2.40. The Labute approximate surface area is 328 Å². The number of para-hydroxylation sites is 1. The molecule has 7 aromatic rings. The molecule has 8 nitrogen and oxygen atoms in total. The summed E-state index contributed by atoms with van der Waals surface area (Å²) >= 11 is 0. The first kappa shape index (κ1) is 34.7. The number of benzene rings is 6. The molecule has 1 aromatic heterocycles. The molecule has 0 saturated carbocycles. The Hall–Kier alpha value is -8.01. The zero-order valence-electron chi connectivity index (χ0n) is 30.5. The lowest BCUT2D eigenvalue weighted by molar-refractivity contribution is -0.125. The maximum absolute atomic E-state index is 15.1. The predicted octanol–water partition coefficient (Wildman–Crippen LogP) is 9.69. The van der Waals surface area contributed by atoms with Gasteiger partial charge in [-0.2, -0.15) is 21.0 Å². The third kappa shape index (κ3) is 5.25. The quantitative estimate of drug-likeness (QED) is 0.187. The molecule has 1 aliphatic carbocycles. The van der Waals surface area contributed by atoms with Crippen LogP contribution in [0.3, 0.4) is 0 Å². The van der Waals surface area contributed by atoms with Gasteiger partial charge < -0.3 is 9.67 Å². The molecular formula is C49H30N6O2. The van der Waals surface area contributed by atoms with Crippen LogP contribution in [0.4, 0.5) is 5.69 Å². The van der Waals surface area contributed by atoms with Crippen molar-refractivity contribution in [2.45, 2.75) is 19.2 Å². The van der Waals surface area contributed by atoms with E-state index in [1.807, 2.05) is 116 Å². The van der Waals surface area contributed by atoms with Crippen LogP contribution >= 0.6 is 0 Å². The van der Waals surface area contributed by atoms with Gasteiger partial charge in [0.25, 0.3) is 0 Å². The number of carbonyl (C=O) groups excluding carboxylic acids is 1. The fraction of sp³-hybridized carbons (Fsp3) is 0.0816. The number of carbonyl (C=O) groups is 1. The number of hydrogen-bond donors (Lipinski definition) is 1. The Morgan fingerprint density at radius 1 is 0.614 bits per heavy atom. The molecule has 1 N–H and O–H groups in total. The topological polar surface area (TPSA) is 141 Å². The number of aliphatic hydroxyl groups excluding tert-OH is 1. The second-order valence-corrected chi connectivity index (χ2v) is 14.4. The second-order valence-electron chi connectivity index (χ2n) is 14.4. The van der Waals surface area contributed by atoms with Crippen LogP contribution < -0.4 is 4.90 Å². The van der Waals surface area contributed by atoms with Gasteiger partial charge in [-0.3, -0.25) is 9.69 Å². The molecule has 57 heavy (non-hydrogen) atoms. The van der Waals surface area contributed by atoms with Crippen LogP contribution in [0.25, 0.3) is 55.2 Å². The van der Waals surface area contributed by atoms with Gasteiger partial charge in [0.05, 0.1) is 63.7 Å². The van der Waals surface area contributed by atoms with Crippen molar-refractivity contribution in [1.29, 1.82) is 21.0 Å². The van der Waals surface area contributed by atoms with E-state index < -0.39 is 17.7 Å². The van der Waals surface area contributed by atoms with E-state index in [4.69, 9.17) is 0 Å². The molecule has 3 unspecified atom stereocenters. The fourth-order valence-electron chi connectivity index (χ4n) is 8.64. The van der Waals surface area contributed by atoms with Crippen molar-refractivity contribution in [3.63, 3.8) is 0 Å². The van der Waals surface area contributed by atoms with Gasteiger partial charge in [0.2, 0.25) is 5.91 Å². The summed E-state index contributed by atoms with van der Waals surface area (Å²) in [5.41, 5.74) is 7.78. The summed E-state index contributed by atoms with van der Waals surface area (Å²) in [5, 5.41) is 52.9. The van der Waals surface area contributed by atoms with Crippen molar-refractivity contribution in [3.05, 3.63) is 173 Å². The highest BCUT2D eigenvalue weighted by Crippen LogP contribution is 2.54. The summed E-state index contributed by atoms with van der Waals surface area (Å²) in [4.78, 5) is 16.6. The van der Waals surface area contributed by atoms with Crippen molar-refractivity contribution in [3.8, 4) is 57.7 Å². The van der Waals surface area contributed by atoms with E-state index in [0.29, 0.717) is 44.6 Å². The van der Waals surface area contributed by atoms with Crippen LogP contribution in [0.15, 0.2) is 151 Å². The van der Waals surface area contributed by atoms with E-state index in [1.165, 1.54) is 4.90 Å². The molecule has 9 rings (SSSR count). The SMILES string of the molecule is CC12C(=O)N(c3ccccc3-c3ccccc3)C(O)C1=CC=CC2n1c2ccc(-c3ccc(C#N)cc3C#N)cc2c2cc(-c3ccc(C#N)cc3C#N)ccc21. The molecule has 1 aliphatic heterocycles. The van der Waals surface area contributed by atoms with E-state index in [9.17, 15) is 26.2 Å². The molecular weight excluding hydrogens is 705 g/mol. The number of nitrogens with zero attached hydrogens (tertiary/aromatic N) is 6. The average Bonchev–Trinajstić information content (AvgIpc) is 3.69. The largest absolute Gasteiger partial charge is 0.369 e. The van der Waals surface area contributed by atoms with Gasteiger partial charge >= 0.3 is 0 Å². The number of allylic oxidation sites excluding steroid dienone is 3. The molecule has 3 atom stereocenters. The van der Waals surface area contributed by atoms with Gasteiger partial charge in [-0.05, 0) is 94.9 Å². The zero-order valence-corrected chi connectivity index (χ0v) is 30.5. The van der Waals surface area contributed by atoms with Gasteiger partial charge in [-0.25, -0.2) is 0 Å². The normalized spacial score (nSPS) is 18.4. The van der Waals surface area contributed by atoms with Crippen molar-refractivity contribution >= 4 is 33.4 Å². The number of hydrogen-bond acceptors (Lipinski definition) is 6. The number of nitriles is 4. The Morgan fingerprint density at radius 3 is 1.74 bits per heavy atom. The minimum atomic E-state index is -1.22. The first-order chi connectivity index (χ1) is 27.8. The molecule has 2 heterocycles. The summed E-state index contributed by atoms with van der Waals surface area (Å²) < 4.78 is 2.15. The lowest BCUT2D eigenvalue weighted by atomic mass is 9.73. The zero-order chi connectivity index (χ0) is 39.4. The van der Waals surface area contributed by atoms with Crippen LogP contribution in [-0.2, 0) is 4.79 Å². The number of fused-ring (bicyclic) bond motifs is 4. The number of rotatable bonds is 5. The summed E-state index contributed by atoms with van der Waals surface area (Å²) in [7, 11) is 0. The maximum Gasteiger partial charge on any atom is 0.242 e. The van der Waals surface area contributed by atoms with Crippen LogP contribution in [0.1, 0.15) is 35.2 Å². The molecule has 8 heteroatoms. The highest BCUT2D eigenvalue weighted by molar-refractivity contribution is 6.12. The van der Waals surface area contributed by atoms with Crippen LogP contribution in [0.5, 0.6) is 0 Å². The second kappa shape index (κ2) is 13.4. The van der Waals surface area contributed by atoms with Gasteiger partial charge in [0.15, 0.2) is 6.23 Å².